The molecular weight excluding hydrogens is 260 g/mol. The highest BCUT2D eigenvalue weighted by atomic mass is 19.3. The molecule has 112 valence electrons. The average Bonchev–Trinajstić information content (AvgIpc) is 2.38. The standard InChI is InChI=1S/C16H23F2NO/c1-11(2)20-14-6-4-3-5-13(14)15(19)12-7-9-16(17,18)10-8-12/h3-6,11-12,15H,7-10,19H2,1-2H3. The molecule has 2 N–H and O–H groups in total. The van der Waals surface area contributed by atoms with E-state index in [0.29, 0.717) is 12.8 Å². The lowest BCUT2D eigenvalue weighted by atomic mass is 9.80. The third kappa shape index (κ3) is 3.69. The summed E-state index contributed by atoms with van der Waals surface area (Å²) < 4.78 is 32.2. The highest BCUT2D eigenvalue weighted by molar-refractivity contribution is 5.36. The molecule has 1 aromatic rings. The predicted molar refractivity (Wildman–Crippen MR) is 76.0 cm³/mol. The maximum Gasteiger partial charge on any atom is 0.248 e. The Morgan fingerprint density at radius 2 is 1.80 bits per heavy atom. The van der Waals surface area contributed by atoms with Crippen molar-refractivity contribution in [3.8, 4) is 5.75 Å². The van der Waals surface area contributed by atoms with Crippen molar-refractivity contribution in [2.45, 2.75) is 57.6 Å². The third-order valence-electron chi connectivity index (χ3n) is 3.91. The van der Waals surface area contributed by atoms with Gasteiger partial charge in [-0.25, -0.2) is 8.78 Å². The molecule has 2 rings (SSSR count). The smallest absolute Gasteiger partial charge is 0.248 e. The van der Waals surface area contributed by atoms with Gasteiger partial charge in [0.15, 0.2) is 0 Å². The Bertz CT molecular complexity index is 438. The maximum atomic E-state index is 13.2. The summed E-state index contributed by atoms with van der Waals surface area (Å²) in [7, 11) is 0. The second kappa shape index (κ2) is 6.08. The molecule has 0 saturated heterocycles. The molecule has 0 bridgehead atoms. The van der Waals surface area contributed by atoms with Crippen LogP contribution in [0.15, 0.2) is 24.3 Å². The van der Waals surface area contributed by atoms with Crippen LogP contribution in [0.4, 0.5) is 8.78 Å². The molecule has 0 spiro atoms. The van der Waals surface area contributed by atoms with E-state index in [2.05, 4.69) is 0 Å². The van der Waals surface area contributed by atoms with Crippen LogP contribution >= 0.6 is 0 Å². The first-order chi connectivity index (χ1) is 9.39. The van der Waals surface area contributed by atoms with E-state index in [1.54, 1.807) is 0 Å². The molecule has 0 radical (unpaired) electrons. The quantitative estimate of drug-likeness (QED) is 0.894. The molecule has 1 aliphatic carbocycles. The van der Waals surface area contributed by atoms with Crippen molar-refractivity contribution in [1.82, 2.24) is 0 Å². The number of rotatable bonds is 4. The Hall–Kier alpha value is -1.16. The topological polar surface area (TPSA) is 35.2 Å². The number of halogens is 2. The molecule has 0 amide bonds. The number of alkyl halides is 2. The van der Waals surface area contributed by atoms with Crippen LogP contribution in [-0.2, 0) is 0 Å². The lowest BCUT2D eigenvalue weighted by Gasteiger charge is -2.32. The van der Waals surface area contributed by atoms with Gasteiger partial charge in [-0.2, -0.15) is 0 Å². The molecular formula is C16H23F2NO. The van der Waals surface area contributed by atoms with Crippen molar-refractivity contribution >= 4 is 0 Å². The average molecular weight is 283 g/mol. The van der Waals surface area contributed by atoms with E-state index in [4.69, 9.17) is 10.5 Å². The van der Waals surface area contributed by atoms with Gasteiger partial charge >= 0.3 is 0 Å². The number of hydrogen-bond acceptors (Lipinski definition) is 2. The van der Waals surface area contributed by atoms with Crippen molar-refractivity contribution in [2.75, 3.05) is 0 Å². The Balaban J connectivity index is 2.11. The fraction of sp³-hybridized carbons (Fsp3) is 0.625. The van der Waals surface area contributed by atoms with Crippen molar-refractivity contribution in [1.29, 1.82) is 0 Å². The zero-order chi connectivity index (χ0) is 14.8. The molecule has 0 aromatic heterocycles. The van der Waals surface area contributed by atoms with Crippen LogP contribution in [0.3, 0.4) is 0 Å². The molecule has 1 aliphatic rings. The molecule has 0 heterocycles. The number of nitrogens with two attached hydrogens (primary N) is 1. The van der Waals surface area contributed by atoms with E-state index in [1.807, 2.05) is 38.1 Å². The first-order valence-corrected chi connectivity index (χ1v) is 7.28. The van der Waals surface area contributed by atoms with Crippen LogP contribution in [0.1, 0.15) is 51.1 Å². The molecule has 1 aromatic carbocycles. The summed E-state index contributed by atoms with van der Waals surface area (Å²) in [5.74, 6) is -1.64. The van der Waals surface area contributed by atoms with Gasteiger partial charge in [0.1, 0.15) is 5.75 Å². The fourth-order valence-electron chi connectivity index (χ4n) is 2.79. The molecule has 1 saturated carbocycles. The molecule has 4 heteroatoms. The zero-order valence-electron chi connectivity index (χ0n) is 12.1. The van der Waals surface area contributed by atoms with E-state index < -0.39 is 5.92 Å². The summed E-state index contributed by atoms with van der Waals surface area (Å²) in [6.07, 6.45) is 0.907. The van der Waals surface area contributed by atoms with Gasteiger partial charge in [-0.3, -0.25) is 0 Å². The van der Waals surface area contributed by atoms with Gasteiger partial charge in [0.05, 0.1) is 6.10 Å². The number of hydrogen-bond donors (Lipinski definition) is 1. The van der Waals surface area contributed by atoms with Crippen LogP contribution in [0.25, 0.3) is 0 Å². The predicted octanol–water partition coefficient (Wildman–Crippen LogP) is 4.30. The summed E-state index contributed by atoms with van der Waals surface area (Å²) in [4.78, 5) is 0. The van der Waals surface area contributed by atoms with Crippen LogP contribution in [0.2, 0.25) is 0 Å². The van der Waals surface area contributed by atoms with Crippen molar-refractivity contribution in [2.24, 2.45) is 11.7 Å². The summed E-state index contributed by atoms with van der Waals surface area (Å²) >= 11 is 0. The van der Waals surface area contributed by atoms with Crippen molar-refractivity contribution in [3.63, 3.8) is 0 Å². The maximum absolute atomic E-state index is 13.2. The molecule has 20 heavy (non-hydrogen) atoms. The van der Waals surface area contributed by atoms with Gasteiger partial charge in [-0.15, -0.1) is 0 Å². The SMILES string of the molecule is CC(C)Oc1ccccc1C(N)C1CCC(F)(F)CC1. The second-order valence-corrected chi connectivity index (χ2v) is 5.92. The van der Waals surface area contributed by atoms with E-state index >= 15 is 0 Å². The molecule has 1 unspecified atom stereocenters. The Morgan fingerprint density at radius 3 is 2.40 bits per heavy atom. The highest BCUT2D eigenvalue weighted by Crippen LogP contribution is 2.42. The van der Waals surface area contributed by atoms with Crippen LogP contribution in [-0.4, -0.2) is 12.0 Å². The zero-order valence-corrected chi connectivity index (χ0v) is 12.1. The monoisotopic (exact) mass is 283 g/mol. The lowest BCUT2D eigenvalue weighted by Crippen LogP contribution is -2.31. The minimum absolute atomic E-state index is 0.0570. The van der Waals surface area contributed by atoms with Crippen LogP contribution in [0, 0.1) is 5.92 Å². The van der Waals surface area contributed by atoms with E-state index in [1.165, 1.54) is 0 Å². The lowest BCUT2D eigenvalue weighted by molar-refractivity contribution is -0.0484. The number of benzene rings is 1. The first-order valence-electron chi connectivity index (χ1n) is 7.28. The van der Waals surface area contributed by atoms with Gasteiger partial charge in [-0.05, 0) is 38.7 Å². The fourth-order valence-corrected chi connectivity index (χ4v) is 2.79. The van der Waals surface area contributed by atoms with Crippen LogP contribution < -0.4 is 10.5 Å². The summed E-state index contributed by atoms with van der Waals surface area (Å²) in [6, 6.07) is 7.42. The Kier molecular flexibility index (Phi) is 4.63. The minimum atomic E-state index is -2.51. The normalized spacial score (nSPS) is 20.9. The molecule has 1 atom stereocenters. The van der Waals surface area contributed by atoms with E-state index in [9.17, 15) is 8.78 Å². The van der Waals surface area contributed by atoms with Crippen LogP contribution in [0.5, 0.6) is 5.75 Å². The summed E-state index contributed by atoms with van der Waals surface area (Å²) in [5, 5.41) is 0. The largest absolute Gasteiger partial charge is 0.491 e. The van der Waals surface area contributed by atoms with Crippen molar-refractivity contribution in [3.05, 3.63) is 29.8 Å². The van der Waals surface area contributed by atoms with Gasteiger partial charge in [-0.1, -0.05) is 18.2 Å². The molecule has 1 fully saturated rings. The van der Waals surface area contributed by atoms with Gasteiger partial charge in [0, 0.05) is 24.4 Å². The number of para-hydroxylation sites is 1. The Morgan fingerprint density at radius 1 is 1.20 bits per heavy atom. The van der Waals surface area contributed by atoms with Crippen molar-refractivity contribution < 1.29 is 13.5 Å². The number of ether oxygens (including phenoxy) is 1. The summed E-state index contributed by atoms with van der Waals surface area (Å²) in [6.45, 7) is 3.92. The van der Waals surface area contributed by atoms with E-state index in [-0.39, 0.29) is 30.9 Å². The van der Waals surface area contributed by atoms with Gasteiger partial charge in [0.2, 0.25) is 5.92 Å². The highest BCUT2D eigenvalue weighted by Gasteiger charge is 2.37. The van der Waals surface area contributed by atoms with Gasteiger partial charge in [0.25, 0.3) is 0 Å². The minimum Gasteiger partial charge on any atom is -0.491 e. The Labute approximate surface area is 119 Å². The van der Waals surface area contributed by atoms with Gasteiger partial charge < -0.3 is 10.5 Å². The second-order valence-electron chi connectivity index (χ2n) is 5.92. The summed E-state index contributed by atoms with van der Waals surface area (Å²) in [5.41, 5.74) is 7.24. The third-order valence-corrected chi connectivity index (χ3v) is 3.91. The van der Waals surface area contributed by atoms with E-state index in [0.717, 1.165) is 11.3 Å². The first kappa shape index (κ1) is 15.2. The molecule has 2 nitrogen and oxygen atoms in total. The molecule has 0 aliphatic heterocycles.